The van der Waals surface area contributed by atoms with E-state index in [-0.39, 0.29) is 5.04 Å². The number of fused-ring (bicyclic) bond motifs is 6. The number of hydrogen-bond donors (Lipinski definition) is 0. The molecule has 0 saturated carbocycles. The van der Waals surface area contributed by atoms with Gasteiger partial charge in [-0.2, -0.15) is 0 Å². The second-order valence-corrected chi connectivity index (χ2v) is 14.9. The molecule has 0 amide bonds. The molecule has 2 nitrogen and oxygen atoms in total. The maximum atomic E-state index is 7.17. The maximum Gasteiger partial charge on any atom is 0.250 e. The molecular weight excluding hydrogens is 396 g/mol. The van der Waals surface area contributed by atoms with Crippen molar-refractivity contribution < 1.29 is 9.16 Å². The lowest BCUT2D eigenvalue weighted by atomic mass is 9.87. The lowest BCUT2D eigenvalue weighted by Gasteiger charge is -2.38. The summed E-state index contributed by atoms with van der Waals surface area (Å²) in [6.07, 6.45) is 7.43. The number of benzene rings is 3. The van der Waals surface area contributed by atoms with E-state index in [1.165, 1.54) is 43.8 Å². The van der Waals surface area contributed by atoms with Crippen molar-refractivity contribution in [2.24, 2.45) is 0 Å². The molecule has 3 aromatic carbocycles. The van der Waals surface area contributed by atoms with Crippen LogP contribution in [-0.2, 0) is 19.3 Å². The van der Waals surface area contributed by atoms with Crippen LogP contribution < -0.4 is 9.16 Å². The summed E-state index contributed by atoms with van der Waals surface area (Å²) in [5, 5.41) is 5.20. The van der Waals surface area contributed by atoms with Gasteiger partial charge >= 0.3 is 0 Å². The number of methoxy groups -OCH3 is 1. The Morgan fingerprint density at radius 1 is 0.903 bits per heavy atom. The highest BCUT2D eigenvalue weighted by Gasteiger charge is 2.40. The molecule has 3 heteroatoms. The number of ether oxygens (including phenoxy) is 1. The Morgan fingerprint density at radius 2 is 1.52 bits per heavy atom. The summed E-state index contributed by atoms with van der Waals surface area (Å²) in [6.45, 7) is 16.1. The monoisotopic (exact) mass is 432 g/mol. The molecule has 4 rings (SSSR count). The van der Waals surface area contributed by atoms with Crippen LogP contribution in [0.1, 0.15) is 56.9 Å². The van der Waals surface area contributed by atoms with Crippen LogP contribution in [-0.4, -0.2) is 15.4 Å². The molecule has 1 aliphatic rings. The van der Waals surface area contributed by atoms with Crippen molar-refractivity contribution in [2.45, 2.75) is 72.0 Å². The van der Waals surface area contributed by atoms with Gasteiger partial charge in [0.05, 0.1) is 7.11 Å². The number of allylic oxidation sites excluding steroid dienone is 1. The van der Waals surface area contributed by atoms with Gasteiger partial charge in [0.1, 0.15) is 11.5 Å². The van der Waals surface area contributed by atoms with Gasteiger partial charge in [-0.25, -0.2) is 0 Å². The molecule has 0 atom stereocenters. The van der Waals surface area contributed by atoms with Crippen molar-refractivity contribution in [3.05, 3.63) is 52.6 Å². The lowest BCUT2D eigenvalue weighted by molar-refractivity contribution is 0.413. The molecule has 0 unspecified atom stereocenters. The van der Waals surface area contributed by atoms with Crippen molar-refractivity contribution in [1.82, 2.24) is 0 Å². The summed E-state index contributed by atoms with van der Waals surface area (Å²) in [5.41, 5.74) is 5.34. The van der Waals surface area contributed by atoms with E-state index in [4.69, 9.17) is 9.16 Å². The zero-order chi connectivity index (χ0) is 22.6. The van der Waals surface area contributed by atoms with E-state index in [1.54, 1.807) is 0 Å². The molecule has 0 bridgehead atoms. The summed E-state index contributed by atoms with van der Waals surface area (Å²) < 4.78 is 13.3. The summed E-state index contributed by atoms with van der Waals surface area (Å²) >= 11 is 0. The molecule has 0 aromatic heterocycles. The van der Waals surface area contributed by atoms with Gasteiger partial charge in [0.15, 0.2) is 0 Å². The molecule has 0 fully saturated rings. The lowest BCUT2D eigenvalue weighted by Crippen LogP contribution is -2.44. The first kappa shape index (κ1) is 21.9. The fraction of sp³-hybridized carbons (Fsp3) is 0.429. The van der Waals surface area contributed by atoms with E-state index >= 15 is 0 Å². The van der Waals surface area contributed by atoms with Crippen molar-refractivity contribution in [2.75, 3.05) is 7.11 Å². The third-order valence-electron chi connectivity index (χ3n) is 7.41. The van der Waals surface area contributed by atoms with Crippen molar-refractivity contribution >= 4 is 35.9 Å². The highest BCUT2D eigenvalue weighted by molar-refractivity contribution is 6.74. The summed E-state index contributed by atoms with van der Waals surface area (Å²) in [7, 11) is -0.220. The zero-order valence-corrected chi connectivity index (χ0v) is 21.4. The quantitative estimate of drug-likeness (QED) is 0.300. The Labute approximate surface area is 188 Å². The average molecular weight is 433 g/mol. The van der Waals surface area contributed by atoms with E-state index in [2.05, 4.69) is 84.1 Å². The van der Waals surface area contributed by atoms with Crippen LogP contribution >= 0.6 is 0 Å². The first-order valence-corrected chi connectivity index (χ1v) is 14.5. The van der Waals surface area contributed by atoms with Crippen LogP contribution in [0.25, 0.3) is 27.6 Å². The van der Waals surface area contributed by atoms with Gasteiger partial charge in [0, 0.05) is 16.3 Å². The standard InChI is InChI=1S/C28H36O2Si/c1-9-18-19(10-2)27(30-31(7,8)28(3,4)5)25-23-17-13-16-21(23)20-14-11-12-15-22(20)24(25)26(18)29-6/h11-15,17H,9-10,16H2,1-8H3. The van der Waals surface area contributed by atoms with Gasteiger partial charge in [-0.15, -0.1) is 0 Å². The van der Waals surface area contributed by atoms with Crippen LogP contribution in [0.3, 0.4) is 0 Å². The van der Waals surface area contributed by atoms with Crippen molar-refractivity contribution in [3.63, 3.8) is 0 Å². The molecule has 0 heterocycles. The summed E-state index contributed by atoms with van der Waals surface area (Å²) in [5.74, 6) is 2.13. The van der Waals surface area contributed by atoms with Gasteiger partial charge < -0.3 is 9.16 Å². The second kappa shape index (κ2) is 7.70. The number of rotatable bonds is 5. The molecule has 164 valence electrons. The summed E-state index contributed by atoms with van der Waals surface area (Å²) in [4.78, 5) is 0. The SMILES string of the molecule is CCc1c(CC)c(OC)c2c(c3c(c4ccccc42)CC=C3)c1O[Si](C)(C)C(C)(C)C. The van der Waals surface area contributed by atoms with Crippen LogP contribution in [0.15, 0.2) is 30.3 Å². The third kappa shape index (κ3) is 3.29. The topological polar surface area (TPSA) is 18.5 Å². The molecule has 0 radical (unpaired) electrons. The zero-order valence-electron chi connectivity index (χ0n) is 20.4. The van der Waals surface area contributed by atoms with E-state index in [0.29, 0.717) is 0 Å². The van der Waals surface area contributed by atoms with Gasteiger partial charge in [-0.1, -0.05) is 71.0 Å². The minimum atomic E-state index is -2.04. The van der Waals surface area contributed by atoms with Gasteiger partial charge in [-0.05, 0) is 64.9 Å². The fourth-order valence-corrected chi connectivity index (χ4v) is 5.81. The summed E-state index contributed by atoms with van der Waals surface area (Å²) in [6, 6.07) is 8.80. The molecular formula is C28H36O2Si. The Bertz CT molecular complexity index is 1200. The number of hydrogen-bond acceptors (Lipinski definition) is 2. The van der Waals surface area contributed by atoms with Crippen LogP contribution in [0, 0.1) is 0 Å². The van der Waals surface area contributed by atoms with Gasteiger partial charge in [-0.3, -0.25) is 0 Å². The maximum absolute atomic E-state index is 7.17. The average Bonchev–Trinajstić information content (AvgIpc) is 3.21. The normalized spacial score (nSPS) is 13.8. The molecule has 3 aromatic rings. The Balaban J connectivity index is 2.25. The van der Waals surface area contributed by atoms with Crippen LogP contribution in [0.5, 0.6) is 11.5 Å². The molecule has 1 aliphatic carbocycles. The van der Waals surface area contributed by atoms with E-state index in [9.17, 15) is 0 Å². The molecule has 0 aliphatic heterocycles. The highest BCUT2D eigenvalue weighted by atomic mass is 28.4. The first-order chi connectivity index (χ1) is 14.7. The minimum absolute atomic E-state index is 0.131. The first-order valence-electron chi connectivity index (χ1n) is 11.6. The minimum Gasteiger partial charge on any atom is -0.543 e. The van der Waals surface area contributed by atoms with Crippen molar-refractivity contribution in [1.29, 1.82) is 0 Å². The highest BCUT2D eigenvalue weighted by Crippen LogP contribution is 2.51. The molecule has 0 spiro atoms. The predicted octanol–water partition coefficient (Wildman–Crippen LogP) is 8.08. The van der Waals surface area contributed by atoms with Crippen molar-refractivity contribution in [3.8, 4) is 11.5 Å². The smallest absolute Gasteiger partial charge is 0.250 e. The van der Waals surface area contributed by atoms with Crippen LogP contribution in [0.4, 0.5) is 0 Å². The largest absolute Gasteiger partial charge is 0.543 e. The Morgan fingerprint density at radius 3 is 2.10 bits per heavy atom. The molecule has 0 saturated heterocycles. The third-order valence-corrected chi connectivity index (χ3v) is 11.7. The van der Waals surface area contributed by atoms with Crippen LogP contribution in [0.2, 0.25) is 18.1 Å². The second-order valence-electron chi connectivity index (χ2n) is 10.2. The van der Waals surface area contributed by atoms with E-state index < -0.39 is 8.32 Å². The molecule has 0 N–H and O–H groups in total. The van der Waals surface area contributed by atoms with E-state index in [1.807, 2.05) is 7.11 Å². The van der Waals surface area contributed by atoms with Gasteiger partial charge in [0.2, 0.25) is 0 Å². The Hall–Kier alpha value is -2.26. The Kier molecular flexibility index (Phi) is 5.45. The fourth-order valence-electron chi connectivity index (χ4n) is 4.77. The van der Waals surface area contributed by atoms with E-state index in [0.717, 1.165) is 30.8 Å². The van der Waals surface area contributed by atoms with Gasteiger partial charge in [0.25, 0.3) is 8.32 Å². The molecule has 31 heavy (non-hydrogen) atoms. The predicted molar refractivity (Wildman–Crippen MR) is 137 cm³/mol.